The largest absolute Gasteiger partial charge is 0.343 e. The van der Waals surface area contributed by atoms with Crippen molar-refractivity contribution in [2.45, 2.75) is 0 Å². The SMILES string of the molecule is NNC(=O)NN.[Pt]. The molecular weight excluding hydrogens is 279 g/mol. The molecule has 0 aromatic carbocycles. The summed E-state index contributed by atoms with van der Waals surface area (Å²) in [7, 11) is 0. The van der Waals surface area contributed by atoms with Crippen molar-refractivity contribution in [2.24, 2.45) is 11.7 Å². The third-order valence-electron chi connectivity index (χ3n) is 0.262. The van der Waals surface area contributed by atoms with E-state index in [0.717, 1.165) is 0 Å². The first-order valence-electron chi connectivity index (χ1n) is 1.28. The van der Waals surface area contributed by atoms with Crippen LogP contribution in [0.15, 0.2) is 0 Å². The molecule has 0 rings (SSSR count). The average Bonchev–Trinajstić information content (AvgIpc) is 1.65. The zero-order chi connectivity index (χ0) is 4.99. The molecule has 0 radical (unpaired) electrons. The fourth-order valence-corrected chi connectivity index (χ4v) is 0.0417. The van der Waals surface area contributed by atoms with Gasteiger partial charge in [0.1, 0.15) is 0 Å². The van der Waals surface area contributed by atoms with Crippen LogP contribution in [0.1, 0.15) is 0 Å². The molecule has 0 unspecified atom stereocenters. The van der Waals surface area contributed by atoms with E-state index in [1.54, 1.807) is 10.9 Å². The van der Waals surface area contributed by atoms with E-state index < -0.39 is 6.03 Å². The van der Waals surface area contributed by atoms with E-state index in [-0.39, 0.29) is 21.1 Å². The summed E-state index contributed by atoms with van der Waals surface area (Å²) in [5.74, 6) is 9.08. The van der Waals surface area contributed by atoms with Gasteiger partial charge in [-0.2, -0.15) is 0 Å². The van der Waals surface area contributed by atoms with Gasteiger partial charge < -0.3 is 0 Å². The number of amides is 2. The van der Waals surface area contributed by atoms with Crippen molar-refractivity contribution in [2.75, 3.05) is 0 Å². The maximum atomic E-state index is 9.71. The van der Waals surface area contributed by atoms with E-state index in [0.29, 0.717) is 0 Å². The molecule has 46 valence electrons. The van der Waals surface area contributed by atoms with Crippen LogP contribution in [0.5, 0.6) is 0 Å². The Labute approximate surface area is 55.0 Å². The van der Waals surface area contributed by atoms with Crippen molar-refractivity contribution in [3.8, 4) is 0 Å². The number of nitrogens with one attached hydrogen (secondary N) is 2. The minimum atomic E-state index is -0.602. The van der Waals surface area contributed by atoms with Crippen LogP contribution in [0.25, 0.3) is 0 Å². The van der Waals surface area contributed by atoms with E-state index in [1.807, 2.05) is 0 Å². The molecule has 0 aliphatic rings. The van der Waals surface area contributed by atoms with E-state index in [2.05, 4.69) is 11.7 Å². The first-order valence-corrected chi connectivity index (χ1v) is 1.28. The summed E-state index contributed by atoms with van der Waals surface area (Å²) in [6, 6.07) is -0.602. The molecule has 5 nitrogen and oxygen atoms in total. The number of carbonyl (C=O) groups excluding carboxylic acids is 1. The predicted octanol–water partition coefficient (Wildman–Crippen LogP) is -1.97. The normalized spacial score (nSPS) is 6.00. The topological polar surface area (TPSA) is 93.2 Å². The minimum Gasteiger partial charge on any atom is -0.275 e. The van der Waals surface area contributed by atoms with Crippen molar-refractivity contribution in [1.29, 1.82) is 0 Å². The van der Waals surface area contributed by atoms with Gasteiger partial charge in [0.2, 0.25) is 0 Å². The van der Waals surface area contributed by atoms with Crippen LogP contribution >= 0.6 is 0 Å². The Hall–Kier alpha value is -0.122. The van der Waals surface area contributed by atoms with Crippen LogP contribution in [0.3, 0.4) is 0 Å². The van der Waals surface area contributed by atoms with Crippen molar-refractivity contribution in [3.63, 3.8) is 0 Å². The molecule has 0 atom stereocenters. The van der Waals surface area contributed by atoms with Gasteiger partial charge in [-0.3, -0.25) is 10.9 Å². The minimum absolute atomic E-state index is 0. The van der Waals surface area contributed by atoms with Crippen LogP contribution < -0.4 is 22.5 Å². The molecule has 7 heavy (non-hydrogen) atoms. The van der Waals surface area contributed by atoms with Gasteiger partial charge in [0.25, 0.3) is 0 Å². The molecule has 2 amide bonds. The number of rotatable bonds is 0. The van der Waals surface area contributed by atoms with Crippen LogP contribution in [0, 0.1) is 0 Å². The van der Waals surface area contributed by atoms with E-state index in [1.165, 1.54) is 0 Å². The third-order valence-corrected chi connectivity index (χ3v) is 0.262. The Morgan fingerprint density at radius 2 is 1.57 bits per heavy atom. The predicted molar refractivity (Wildman–Crippen MR) is 20.0 cm³/mol. The molecule has 0 bridgehead atoms. The van der Waals surface area contributed by atoms with Gasteiger partial charge >= 0.3 is 6.03 Å². The van der Waals surface area contributed by atoms with Crippen LogP contribution in [0.4, 0.5) is 4.79 Å². The Morgan fingerprint density at radius 1 is 1.29 bits per heavy atom. The van der Waals surface area contributed by atoms with Gasteiger partial charge in [0, 0.05) is 21.1 Å². The summed E-state index contributed by atoms with van der Waals surface area (Å²) in [5, 5.41) is 0. The fourth-order valence-electron chi connectivity index (χ4n) is 0.0417. The number of hydrazine groups is 2. The zero-order valence-corrected chi connectivity index (χ0v) is 5.65. The molecule has 0 aromatic heterocycles. The summed E-state index contributed by atoms with van der Waals surface area (Å²) in [5.41, 5.74) is 3.48. The average molecular weight is 285 g/mol. The molecule has 6 N–H and O–H groups in total. The second-order valence-corrected chi connectivity index (χ2v) is 0.618. The number of hydrogen-bond acceptors (Lipinski definition) is 3. The number of carbonyl (C=O) groups is 1. The second-order valence-electron chi connectivity index (χ2n) is 0.618. The quantitative estimate of drug-likeness (QED) is 0.236. The third kappa shape index (κ3) is 5.88. The summed E-state index contributed by atoms with van der Waals surface area (Å²) in [6.45, 7) is 0. The van der Waals surface area contributed by atoms with Gasteiger partial charge in [-0.25, -0.2) is 16.5 Å². The molecule has 6 heteroatoms. The maximum Gasteiger partial charge on any atom is 0.343 e. The van der Waals surface area contributed by atoms with Gasteiger partial charge in [-0.05, 0) is 0 Å². The molecule has 0 aliphatic heterocycles. The molecule has 0 aromatic rings. The standard InChI is InChI=1S/CH6N4O.Pt/c2-4-1(6)5-3;/h2-3H2,(H2,4,5,6);. The number of hydrogen-bond donors (Lipinski definition) is 4. The van der Waals surface area contributed by atoms with Crippen LogP contribution in [0.2, 0.25) is 0 Å². The van der Waals surface area contributed by atoms with Gasteiger partial charge in [0.15, 0.2) is 0 Å². The number of urea groups is 1. The summed E-state index contributed by atoms with van der Waals surface area (Å²) in [4.78, 5) is 9.71. The van der Waals surface area contributed by atoms with E-state index >= 15 is 0 Å². The number of nitrogens with two attached hydrogens (primary N) is 2. The van der Waals surface area contributed by atoms with Crippen LogP contribution in [-0.2, 0) is 21.1 Å². The molecule has 0 heterocycles. The maximum absolute atomic E-state index is 9.71. The van der Waals surface area contributed by atoms with Gasteiger partial charge in [0.05, 0.1) is 0 Å². The van der Waals surface area contributed by atoms with Crippen LogP contribution in [-0.4, -0.2) is 6.03 Å². The summed E-state index contributed by atoms with van der Waals surface area (Å²) < 4.78 is 0. The first kappa shape index (κ1) is 9.99. The molecule has 0 saturated heterocycles. The van der Waals surface area contributed by atoms with Crippen molar-refractivity contribution >= 4 is 6.03 Å². The molecule has 0 aliphatic carbocycles. The first-order chi connectivity index (χ1) is 2.81. The molecular formula is CH6N4OPt. The fraction of sp³-hybridized carbons (Fsp3) is 0. The molecule has 0 spiro atoms. The van der Waals surface area contributed by atoms with Gasteiger partial charge in [-0.15, -0.1) is 0 Å². The monoisotopic (exact) mass is 285 g/mol. The Kier molecular flexibility index (Phi) is 8.39. The van der Waals surface area contributed by atoms with Gasteiger partial charge in [-0.1, -0.05) is 0 Å². The van der Waals surface area contributed by atoms with Crippen molar-refractivity contribution in [3.05, 3.63) is 0 Å². The van der Waals surface area contributed by atoms with E-state index in [4.69, 9.17) is 0 Å². The Balaban J connectivity index is 0. The Morgan fingerprint density at radius 3 is 1.57 bits per heavy atom. The molecule has 0 saturated carbocycles. The van der Waals surface area contributed by atoms with Crippen molar-refractivity contribution in [1.82, 2.24) is 10.9 Å². The smallest absolute Gasteiger partial charge is 0.275 e. The summed E-state index contributed by atoms with van der Waals surface area (Å²) >= 11 is 0. The summed E-state index contributed by atoms with van der Waals surface area (Å²) in [6.07, 6.45) is 0. The Bertz CT molecular complexity index is 49.7. The van der Waals surface area contributed by atoms with E-state index in [9.17, 15) is 4.79 Å². The second kappa shape index (κ2) is 5.88. The molecule has 0 fully saturated rings. The van der Waals surface area contributed by atoms with Crippen molar-refractivity contribution < 1.29 is 25.9 Å². The zero-order valence-electron chi connectivity index (χ0n) is 3.38.